The average Bonchev–Trinajstić information content (AvgIpc) is 3.38. The number of halogens is 2. The lowest BCUT2D eigenvalue weighted by Gasteiger charge is -2.10. The first-order valence-corrected chi connectivity index (χ1v) is 8.78. The molecular weight excluding hydrogens is 320 g/mol. The second-order valence-electron chi connectivity index (χ2n) is 7.05. The Hall–Kier alpha value is -2.30. The van der Waals surface area contributed by atoms with Crippen LogP contribution in [0, 0.1) is 31.4 Å². The Morgan fingerprint density at radius 2 is 1.96 bits per heavy atom. The van der Waals surface area contributed by atoms with Gasteiger partial charge in [0, 0.05) is 23.7 Å². The van der Waals surface area contributed by atoms with E-state index in [1.54, 1.807) is 0 Å². The Kier molecular flexibility index (Phi) is 4.02. The molecule has 1 aliphatic carbocycles. The fourth-order valence-electron chi connectivity index (χ4n) is 3.49. The van der Waals surface area contributed by atoms with Crippen LogP contribution in [0.15, 0.2) is 24.4 Å². The summed E-state index contributed by atoms with van der Waals surface area (Å²) in [6.07, 6.45) is 5.45. The summed E-state index contributed by atoms with van der Waals surface area (Å²) in [6, 6.07) is 3.75. The zero-order valence-corrected chi connectivity index (χ0v) is 14.5. The van der Waals surface area contributed by atoms with Crippen LogP contribution in [0.4, 0.5) is 8.78 Å². The summed E-state index contributed by atoms with van der Waals surface area (Å²) in [5.74, 6) is -0.294. The molecule has 4 rings (SSSR count). The van der Waals surface area contributed by atoms with Crippen LogP contribution in [-0.2, 0) is 19.4 Å². The Morgan fingerprint density at radius 1 is 1.16 bits per heavy atom. The summed E-state index contributed by atoms with van der Waals surface area (Å²) in [4.78, 5) is 0. The Bertz CT molecular complexity index is 942. The molecule has 0 aliphatic heterocycles. The van der Waals surface area contributed by atoms with Gasteiger partial charge in [0.2, 0.25) is 0 Å². The number of aromatic nitrogens is 3. The quantitative estimate of drug-likeness (QED) is 0.683. The van der Waals surface area contributed by atoms with E-state index in [1.165, 1.54) is 36.2 Å². The van der Waals surface area contributed by atoms with Crippen LogP contribution in [0.25, 0.3) is 10.9 Å². The van der Waals surface area contributed by atoms with Crippen molar-refractivity contribution in [3.63, 3.8) is 0 Å². The largest absolute Gasteiger partial charge is 0.343 e. The zero-order chi connectivity index (χ0) is 17.6. The van der Waals surface area contributed by atoms with E-state index >= 15 is 0 Å². The van der Waals surface area contributed by atoms with Crippen LogP contribution in [0.1, 0.15) is 35.4 Å². The molecule has 3 nitrogen and oxygen atoms in total. The van der Waals surface area contributed by atoms with Gasteiger partial charge in [0.25, 0.3) is 0 Å². The third kappa shape index (κ3) is 3.03. The molecule has 2 aromatic heterocycles. The van der Waals surface area contributed by atoms with Gasteiger partial charge in [-0.15, -0.1) is 0 Å². The monoisotopic (exact) mass is 341 g/mol. The molecular formula is C20H21F2N3. The van der Waals surface area contributed by atoms with E-state index in [4.69, 9.17) is 0 Å². The maximum atomic E-state index is 13.9. The van der Waals surface area contributed by atoms with Gasteiger partial charge in [0.1, 0.15) is 11.6 Å². The highest BCUT2D eigenvalue weighted by Crippen LogP contribution is 2.35. The molecule has 0 atom stereocenters. The van der Waals surface area contributed by atoms with Crippen LogP contribution in [0.3, 0.4) is 0 Å². The molecule has 0 radical (unpaired) electrons. The van der Waals surface area contributed by atoms with E-state index in [9.17, 15) is 8.78 Å². The zero-order valence-electron chi connectivity index (χ0n) is 14.5. The van der Waals surface area contributed by atoms with Gasteiger partial charge in [-0.25, -0.2) is 8.78 Å². The van der Waals surface area contributed by atoms with Gasteiger partial charge in [0.15, 0.2) is 0 Å². The third-order valence-electron chi connectivity index (χ3n) is 5.30. The fourth-order valence-corrected chi connectivity index (χ4v) is 3.49. The minimum Gasteiger partial charge on any atom is -0.343 e. The molecule has 0 N–H and O–H groups in total. The van der Waals surface area contributed by atoms with Crippen molar-refractivity contribution in [3.05, 3.63) is 58.5 Å². The molecule has 0 bridgehead atoms. The van der Waals surface area contributed by atoms with Crippen LogP contribution in [0.2, 0.25) is 0 Å². The molecule has 1 aromatic carbocycles. The van der Waals surface area contributed by atoms with Crippen molar-refractivity contribution in [3.8, 4) is 0 Å². The first-order valence-electron chi connectivity index (χ1n) is 8.78. The summed E-state index contributed by atoms with van der Waals surface area (Å²) >= 11 is 0. The molecule has 0 unspecified atom stereocenters. The minimum absolute atomic E-state index is 0.479. The maximum absolute atomic E-state index is 13.9. The first kappa shape index (κ1) is 16.2. The smallest absolute Gasteiger partial charge is 0.129 e. The molecule has 5 heteroatoms. The number of fused-ring (bicyclic) bond motifs is 1. The maximum Gasteiger partial charge on any atom is 0.129 e. The van der Waals surface area contributed by atoms with E-state index in [0.717, 1.165) is 35.1 Å². The number of hydrogen-bond acceptors (Lipinski definition) is 2. The van der Waals surface area contributed by atoms with E-state index in [2.05, 4.69) is 28.6 Å². The second-order valence-corrected chi connectivity index (χ2v) is 7.05. The van der Waals surface area contributed by atoms with Gasteiger partial charge in [-0.2, -0.15) is 10.2 Å². The number of hydrogen-bond donors (Lipinski definition) is 0. The van der Waals surface area contributed by atoms with Gasteiger partial charge in [0.05, 0.1) is 17.4 Å². The third-order valence-corrected chi connectivity index (χ3v) is 5.30. The van der Waals surface area contributed by atoms with Crippen molar-refractivity contribution in [1.29, 1.82) is 0 Å². The van der Waals surface area contributed by atoms with Crippen molar-refractivity contribution >= 4 is 10.9 Å². The highest BCUT2D eigenvalue weighted by atomic mass is 19.1. The molecule has 0 amide bonds. The second kappa shape index (κ2) is 6.21. The topological polar surface area (TPSA) is 30.7 Å². The average molecular weight is 341 g/mol. The van der Waals surface area contributed by atoms with Gasteiger partial charge >= 0.3 is 0 Å². The SMILES string of the molecule is Cc1c(C)n(CC2CC2)c2c(CCc3ccc(F)cc3F)nncc12. The Labute approximate surface area is 145 Å². The predicted octanol–water partition coefficient (Wildman–Crippen LogP) is 4.52. The van der Waals surface area contributed by atoms with Crippen molar-refractivity contribution in [2.45, 2.75) is 46.1 Å². The lowest BCUT2D eigenvalue weighted by atomic mass is 10.1. The van der Waals surface area contributed by atoms with Crippen LogP contribution in [0.5, 0.6) is 0 Å². The molecule has 25 heavy (non-hydrogen) atoms. The number of rotatable bonds is 5. The Balaban J connectivity index is 1.70. The summed E-state index contributed by atoms with van der Waals surface area (Å²) in [5, 5.41) is 9.63. The van der Waals surface area contributed by atoms with Crippen molar-refractivity contribution < 1.29 is 8.78 Å². The van der Waals surface area contributed by atoms with Gasteiger partial charge in [-0.05, 0) is 62.6 Å². The number of nitrogens with zero attached hydrogens (tertiary/aromatic N) is 3. The highest BCUT2D eigenvalue weighted by molar-refractivity contribution is 5.86. The lowest BCUT2D eigenvalue weighted by Crippen LogP contribution is -2.06. The minimum atomic E-state index is -0.548. The van der Waals surface area contributed by atoms with Crippen LogP contribution in [-0.4, -0.2) is 14.8 Å². The fraction of sp³-hybridized carbons (Fsp3) is 0.400. The highest BCUT2D eigenvalue weighted by Gasteiger charge is 2.25. The molecule has 0 saturated heterocycles. The molecule has 130 valence electrons. The Morgan fingerprint density at radius 3 is 2.68 bits per heavy atom. The lowest BCUT2D eigenvalue weighted by molar-refractivity contribution is 0.571. The molecule has 2 heterocycles. The number of benzene rings is 1. The van der Waals surface area contributed by atoms with Crippen molar-refractivity contribution in [2.75, 3.05) is 0 Å². The van der Waals surface area contributed by atoms with E-state index < -0.39 is 11.6 Å². The van der Waals surface area contributed by atoms with E-state index in [-0.39, 0.29) is 0 Å². The van der Waals surface area contributed by atoms with Crippen molar-refractivity contribution in [2.24, 2.45) is 5.92 Å². The van der Waals surface area contributed by atoms with Crippen LogP contribution >= 0.6 is 0 Å². The molecule has 0 spiro atoms. The van der Waals surface area contributed by atoms with Crippen LogP contribution < -0.4 is 0 Å². The standard InChI is InChI=1S/C20H21F2N3/c1-12-13(2)25(11-14-3-4-14)20-17(12)10-23-24-19(20)8-6-15-5-7-16(21)9-18(15)22/h5,7,9-10,14H,3-4,6,8,11H2,1-2H3. The van der Waals surface area contributed by atoms with Gasteiger partial charge < -0.3 is 4.57 Å². The summed E-state index contributed by atoms with van der Waals surface area (Å²) in [6.45, 7) is 5.27. The summed E-state index contributed by atoms with van der Waals surface area (Å²) in [5.41, 5.74) is 5.01. The summed E-state index contributed by atoms with van der Waals surface area (Å²) < 4.78 is 29.3. The van der Waals surface area contributed by atoms with E-state index in [1.807, 2.05) is 6.20 Å². The van der Waals surface area contributed by atoms with E-state index in [0.29, 0.717) is 18.4 Å². The molecule has 1 fully saturated rings. The molecule has 1 saturated carbocycles. The normalized spacial score (nSPS) is 14.4. The van der Waals surface area contributed by atoms with Gasteiger partial charge in [-0.1, -0.05) is 6.07 Å². The van der Waals surface area contributed by atoms with Gasteiger partial charge in [-0.3, -0.25) is 0 Å². The first-order chi connectivity index (χ1) is 12.0. The summed E-state index contributed by atoms with van der Waals surface area (Å²) in [7, 11) is 0. The predicted molar refractivity (Wildman–Crippen MR) is 93.5 cm³/mol. The number of aryl methyl sites for hydroxylation is 3. The molecule has 3 aromatic rings. The molecule has 1 aliphatic rings. The van der Waals surface area contributed by atoms with Crippen molar-refractivity contribution in [1.82, 2.24) is 14.8 Å².